The summed E-state index contributed by atoms with van der Waals surface area (Å²) in [5.74, 6) is 0.225. The van der Waals surface area contributed by atoms with Crippen molar-refractivity contribution in [3.8, 4) is 11.1 Å². The number of para-hydroxylation sites is 1. The zero-order valence-corrected chi connectivity index (χ0v) is 20.7. The summed E-state index contributed by atoms with van der Waals surface area (Å²) in [6.07, 6.45) is 1.20. The van der Waals surface area contributed by atoms with Crippen LogP contribution in [0.15, 0.2) is 110 Å². The Bertz CT molecular complexity index is 1640. The smallest absolute Gasteiger partial charge is 0.221 e. The maximum absolute atomic E-state index is 13.2. The molecule has 3 aromatic carbocycles. The van der Waals surface area contributed by atoms with Crippen molar-refractivity contribution in [1.82, 2.24) is 5.43 Å². The molecule has 9 nitrogen and oxygen atoms in total. The summed E-state index contributed by atoms with van der Waals surface area (Å²) in [6, 6.07) is 23.2. The molecule has 1 aromatic heterocycles. The number of rotatable bonds is 9. The first-order valence-electron chi connectivity index (χ1n) is 11.7. The van der Waals surface area contributed by atoms with Gasteiger partial charge in [-0.15, -0.1) is 0 Å². The molecule has 9 heteroatoms. The van der Waals surface area contributed by atoms with Crippen molar-refractivity contribution < 1.29 is 9.21 Å². The van der Waals surface area contributed by atoms with Crippen LogP contribution in [-0.4, -0.2) is 23.8 Å². The minimum atomic E-state index is -0.212. The van der Waals surface area contributed by atoms with E-state index >= 15 is 0 Å². The fourth-order valence-electron chi connectivity index (χ4n) is 3.79. The Morgan fingerprint density at radius 2 is 1.82 bits per heavy atom. The molecule has 1 heterocycles. The van der Waals surface area contributed by atoms with Gasteiger partial charge < -0.3 is 20.9 Å². The third kappa shape index (κ3) is 5.90. The number of benzene rings is 3. The van der Waals surface area contributed by atoms with E-state index in [9.17, 15) is 9.59 Å². The van der Waals surface area contributed by atoms with Crippen molar-refractivity contribution >= 4 is 40.4 Å². The van der Waals surface area contributed by atoms with Crippen molar-refractivity contribution in [2.45, 2.75) is 13.5 Å². The minimum absolute atomic E-state index is 0.00712. The molecule has 0 saturated heterocycles. The van der Waals surface area contributed by atoms with E-state index in [-0.39, 0.29) is 35.0 Å². The number of fused-ring (bicyclic) bond motifs is 1. The maximum atomic E-state index is 13.2. The molecule has 0 aliphatic rings. The number of nitrogens with one attached hydrogen (secondary N) is 3. The number of anilines is 1. The van der Waals surface area contributed by atoms with Gasteiger partial charge in [-0.25, -0.2) is 4.99 Å². The SMILES string of the molecule is C=C(C(=N)c1cccc(NC(C)=O)c1)C(N)=N/C=N\NCc1oc2ccccc2c(=O)c1-c1ccccc1. The molecular weight excluding hydrogens is 480 g/mol. The normalized spacial score (nSPS) is 11.4. The van der Waals surface area contributed by atoms with Gasteiger partial charge in [0.05, 0.1) is 23.2 Å². The van der Waals surface area contributed by atoms with Gasteiger partial charge in [-0.3, -0.25) is 15.0 Å². The van der Waals surface area contributed by atoms with E-state index in [0.29, 0.717) is 33.5 Å². The summed E-state index contributed by atoms with van der Waals surface area (Å²) >= 11 is 0. The van der Waals surface area contributed by atoms with E-state index in [2.05, 4.69) is 27.4 Å². The highest BCUT2D eigenvalue weighted by Gasteiger charge is 2.16. The zero-order valence-electron chi connectivity index (χ0n) is 20.7. The van der Waals surface area contributed by atoms with Crippen molar-refractivity contribution in [3.05, 3.63) is 113 Å². The molecule has 0 fully saturated rings. The molecule has 5 N–H and O–H groups in total. The number of amides is 1. The zero-order chi connectivity index (χ0) is 27.1. The van der Waals surface area contributed by atoms with E-state index in [1.807, 2.05) is 30.3 Å². The van der Waals surface area contributed by atoms with Gasteiger partial charge in [-0.2, -0.15) is 5.10 Å². The van der Waals surface area contributed by atoms with Gasteiger partial charge in [0.1, 0.15) is 23.5 Å². The molecule has 190 valence electrons. The summed E-state index contributed by atoms with van der Waals surface area (Å²) in [6.45, 7) is 5.39. The lowest BCUT2D eigenvalue weighted by molar-refractivity contribution is -0.114. The lowest BCUT2D eigenvalue weighted by atomic mass is 10.0. The standard InChI is InChI=1S/C29H26N6O3/c1-18(27(30)21-11-8-12-22(15-21)35-19(2)36)29(31)32-17-34-33-16-25-26(20-9-4-3-5-10-20)28(37)23-13-6-7-14-24(23)38-25/h3-15,17,30,33H,1,16H2,2H3,(H,35,36)(H2,31,32,34). The summed E-state index contributed by atoms with van der Waals surface area (Å²) < 4.78 is 6.04. The van der Waals surface area contributed by atoms with Gasteiger partial charge in [0.2, 0.25) is 11.3 Å². The lowest BCUT2D eigenvalue weighted by Crippen LogP contribution is -2.21. The topological polar surface area (TPSA) is 146 Å². The number of carbonyl (C=O) groups is 1. The van der Waals surface area contributed by atoms with Crippen LogP contribution in [0.2, 0.25) is 0 Å². The molecule has 0 atom stereocenters. The number of nitrogens with two attached hydrogens (primary N) is 1. The van der Waals surface area contributed by atoms with Crippen LogP contribution >= 0.6 is 0 Å². The Kier molecular flexibility index (Phi) is 7.88. The molecule has 4 aromatic rings. The molecule has 0 aliphatic carbocycles. The van der Waals surface area contributed by atoms with Crippen molar-refractivity contribution in [2.24, 2.45) is 15.8 Å². The predicted molar refractivity (Wildman–Crippen MR) is 152 cm³/mol. The van der Waals surface area contributed by atoms with Crippen molar-refractivity contribution in [1.29, 1.82) is 5.41 Å². The second-order valence-corrected chi connectivity index (χ2v) is 8.30. The number of amidine groups is 1. The summed E-state index contributed by atoms with van der Waals surface area (Å²) in [5, 5.41) is 15.6. The molecule has 38 heavy (non-hydrogen) atoms. The molecule has 0 spiro atoms. The summed E-state index contributed by atoms with van der Waals surface area (Å²) in [5.41, 5.74) is 11.7. The van der Waals surface area contributed by atoms with Gasteiger partial charge in [0.25, 0.3) is 0 Å². The van der Waals surface area contributed by atoms with Gasteiger partial charge in [0, 0.05) is 23.7 Å². The Morgan fingerprint density at radius 3 is 2.58 bits per heavy atom. The first-order chi connectivity index (χ1) is 18.3. The lowest BCUT2D eigenvalue weighted by Gasteiger charge is -2.10. The third-order valence-electron chi connectivity index (χ3n) is 5.60. The van der Waals surface area contributed by atoms with Gasteiger partial charge >= 0.3 is 0 Å². The second kappa shape index (κ2) is 11.6. The fraction of sp³-hybridized carbons (Fsp3) is 0.0690. The van der Waals surface area contributed by atoms with E-state index < -0.39 is 0 Å². The predicted octanol–water partition coefficient (Wildman–Crippen LogP) is 4.43. The molecule has 0 radical (unpaired) electrons. The summed E-state index contributed by atoms with van der Waals surface area (Å²) in [7, 11) is 0. The third-order valence-corrected chi connectivity index (χ3v) is 5.60. The van der Waals surface area contributed by atoms with E-state index in [4.69, 9.17) is 15.6 Å². The number of carbonyl (C=O) groups excluding carboxylic acids is 1. The number of nitrogens with zero attached hydrogens (tertiary/aromatic N) is 2. The van der Waals surface area contributed by atoms with Crippen LogP contribution in [0.5, 0.6) is 0 Å². The van der Waals surface area contributed by atoms with Gasteiger partial charge in [-0.1, -0.05) is 61.2 Å². The molecule has 0 unspecified atom stereocenters. The largest absolute Gasteiger partial charge is 0.458 e. The Morgan fingerprint density at radius 1 is 1.08 bits per heavy atom. The fourth-order valence-corrected chi connectivity index (χ4v) is 3.79. The molecule has 0 saturated carbocycles. The molecular formula is C29H26N6O3. The number of aliphatic imine (C=N–C) groups is 1. The van der Waals surface area contributed by atoms with Gasteiger partial charge in [0.15, 0.2) is 0 Å². The monoisotopic (exact) mass is 506 g/mol. The highest BCUT2D eigenvalue weighted by atomic mass is 16.3. The maximum Gasteiger partial charge on any atom is 0.221 e. The first-order valence-corrected chi connectivity index (χ1v) is 11.7. The Labute approximate surface area is 218 Å². The second-order valence-electron chi connectivity index (χ2n) is 8.30. The quantitative estimate of drug-likeness (QED) is 0.151. The van der Waals surface area contributed by atoms with Crippen molar-refractivity contribution in [3.63, 3.8) is 0 Å². The van der Waals surface area contributed by atoms with Crippen LogP contribution in [0.25, 0.3) is 22.1 Å². The summed E-state index contributed by atoms with van der Waals surface area (Å²) in [4.78, 5) is 28.6. The minimum Gasteiger partial charge on any atom is -0.458 e. The average Bonchev–Trinajstić information content (AvgIpc) is 2.92. The molecule has 4 rings (SSSR count). The Hall–Kier alpha value is -5.31. The van der Waals surface area contributed by atoms with Crippen LogP contribution in [0.4, 0.5) is 5.69 Å². The van der Waals surface area contributed by atoms with Crippen molar-refractivity contribution in [2.75, 3.05) is 5.32 Å². The van der Waals surface area contributed by atoms with Gasteiger partial charge in [-0.05, 0) is 29.8 Å². The number of hydrazone groups is 1. The van der Waals surface area contributed by atoms with E-state index in [0.717, 1.165) is 5.56 Å². The number of hydrogen-bond donors (Lipinski definition) is 4. The molecule has 1 amide bonds. The molecule has 0 bridgehead atoms. The van der Waals surface area contributed by atoms with Crippen LogP contribution in [0, 0.1) is 5.41 Å². The van der Waals surface area contributed by atoms with Crippen LogP contribution in [0.3, 0.4) is 0 Å². The highest BCUT2D eigenvalue weighted by molar-refractivity contribution is 6.28. The molecule has 0 aliphatic heterocycles. The van der Waals surface area contributed by atoms with Crippen LogP contribution < -0.4 is 21.9 Å². The average molecular weight is 507 g/mol. The Balaban J connectivity index is 1.48. The van der Waals surface area contributed by atoms with Crippen LogP contribution in [0.1, 0.15) is 18.2 Å². The number of hydrogen-bond acceptors (Lipinski definition) is 6. The van der Waals surface area contributed by atoms with E-state index in [1.165, 1.54) is 13.3 Å². The first kappa shape index (κ1) is 25.8. The highest BCUT2D eigenvalue weighted by Crippen LogP contribution is 2.24. The van der Waals surface area contributed by atoms with Crippen LogP contribution in [-0.2, 0) is 11.3 Å². The van der Waals surface area contributed by atoms with E-state index in [1.54, 1.807) is 48.5 Å².